The maximum atomic E-state index is 13.0. The molecule has 0 fully saturated rings. The van der Waals surface area contributed by atoms with E-state index >= 15 is 0 Å². The highest BCUT2D eigenvalue weighted by Gasteiger charge is 2.44. The van der Waals surface area contributed by atoms with Gasteiger partial charge in [-0.2, -0.15) is 10.1 Å². The third-order valence-corrected chi connectivity index (χ3v) is 4.88. The summed E-state index contributed by atoms with van der Waals surface area (Å²) < 4.78 is 5.07. The van der Waals surface area contributed by atoms with Crippen LogP contribution in [0.2, 0.25) is 0 Å². The van der Waals surface area contributed by atoms with Crippen LogP contribution in [0.1, 0.15) is 23.6 Å². The molecule has 6 heteroatoms. The lowest BCUT2D eigenvalue weighted by Crippen LogP contribution is -2.26. The molecule has 1 amide bonds. The Hall–Kier alpha value is -4.32. The van der Waals surface area contributed by atoms with Crippen LogP contribution in [-0.4, -0.2) is 35.0 Å². The molecule has 32 heavy (non-hydrogen) atoms. The zero-order valence-corrected chi connectivity index (χ0v) is 17.4. The van der Waals surface area contributed by atoms with Crippen LogP contribution in [0.5, 0.6) is 0 Å². The molecule has 1 aliphatic heterocycles. The Balaban J connectivity index is 1.94. The molecule has 0 saturated heterocycles. The Bertz CT molecular complexity index is 1170. The lowest BCUT2D eigenvalue weighted by atomic mass is 10.0. The average Bonchev–Trinajstić information content (AvgIpc) is 3.09. The lowest BCUT2D eigenvalue weighted by molar-refractivity contribution is -0.143. The number of ether oxygens (including phenoxy) is 1. The molecule has 3 aromatic carbocycles. The highest BCUT2D eigenvalue weighted by atomic mass is 16.5. The van der Waals surface area contributed by atoms with E-state index in [4.69, 9.17) is 4.74 Å². The van der Waals surface area contributed by atoms with Gasteiger partial charge in [0.15, 0.2) is 0 Å². The number of carbonyl (C=O) groups is 3. The van der Waals surface area contributed by atoms with E-state index < -0.39 is 17.7 Å². The summed E-state index contributed by atoms with van der Waals surface area (Å²) in [5, 5.41) is 5.63. The zero-order valence-electron chi connectivity index (χ0n) is 17.4. The van der Waals surface area contributed by atoms with Gasteiger partial charge >= 0.3 is 11.9 Å². The minimum atomic E-state index is -0.938. The quantitative estimate of drug-likeness (QED) is 0.261. The zero-order chi connectivity index (χ0) is 22.5. The van der Waals surface area contributed by atoms with E-state index in [1.165, 1.54) is 0 Å². The maximum absolute atomic E-state index is 13.0. The van der Waals surface area contributed by atoms with E-state index in [1.807, 2.05) is 60.7 Å². The molecule has 0 aromatic heterocycles. The van der Waals surface area contributed by atoms with E-state index in [-0.39, 0.29) is 17.9 Å². The second-order valence-electron chi connectivity index (χ2n) is 6.94. The number of nitrogens with zero attached hydrogens (tertiary/aromatic N) is 2. The van der Waals surface area contributed by atoms with E-state index in [2.05, 4.69) is 5.10 Å². The Kier molecular flexibility index (Phi) is 6.03. The fourth-order valence-corrected chi connectivity index (χ4v) is 3.44. The number of carbonyl (C=O) groups excluding carboxylic acids is 3. The number of benzene rings is 3. The number of ketones is 1. The van der Waals surface area contributed by atoms with Crippen LogP contribution in [0.25, 0.3) is 5.70 Å². The van der Waals surface area contributed by atoms with Gasteiger partial charge in [0.1, 0.15) is 5.57 Å². The fourth-order valence-electron chi connectivity index (χ4n) is 3.44. The van der Waals surface area contributed by atoms with E-state index in [0.717, 1.165) is 16.1 Å². The van der Waals surface area contributed by atoms with Crippen molar-refractivity contribution in [1.82, 2.24) is 5.01 Å². The van der Waals surface area contributed by atoms with Crippen molar-refractivity contribution in [3.8, 4) is 0 Å². The first kappa shape index (κ1) is 20.9. The molecule has 6 nitrogen and oxygen atoms in total. The standard InChI is InChI=1S/C26H20N2O4/c1-2-32-26(31)21-23(20-16-10-5-11-17-20)28(25(30)24(21)29)27-22(18-12-6-3-7-13-18)19-14-8-4-9-15-19/h3-17H,2H2,1H3. The van der Waals surface area contributed by atoms with Gasteiger partial charge in [-0.3, -0.25) is 9.59 Å². The minimum Gasteiger partial charge on any atom is -0.462 e. The number of hydrazone groups is 1. The van der Waals surface area contributed by atoms with E-state index in [0.29, 0.717) is 11.3 Å². The van der Waals surface area contributed by atoms with Crippen molar-refractivity contribution in [3.63, 3.8) is 0 Å². The van der Waals surface area contributed by atoms with Gasteiger partial charge in [-0.15, -0.1) is 0 Å². The first-order valence-corrected chi connectivity index (χ1v) is 10.2. The molecular formula is C26H20N2O4. The van der Waals surface area contributed by atoms with Crippen molar-refractivity contribution in [2.24, 2.45) is 5.10 Å². The molecule has 0 aliphatic carbocycles. The number of hydrogen-bond acceptors (Lipinski definition) is 5. The molecule has 158 valence electrons. The molecule has 3 aromatic rings. The Morgan fingerprint density at radius 2 is 1.31 bits per heavy atom. The van der Waals surface area contributed by atoms with E-state index in [1.54, 1.807) is 37.3 Å². The third kappa shape index (κ3) is 3.98. The van der Waals surface area contributed by atoms with Gasteiger partial charge in [-0.1, -0.05) is 91.0 Å². The summed E-state index contributed by atoms with van der Waals surface area (Å²) in [6.07, 6.45) is 0. The Labute approximate surface area is 185 Å². The number of Topliss-reactive ketones (excluding diaryl/α,β-unsaturated/α-hetero) is 1. The van der Waals surface area contributed by atoms with E-state index in [9.17, 15) is 14.4 Å². The summed E-state index contributed by atoms with van der Waals surface area (Å²) >= 11 is 0. The molecule has 0 atom stereocenters. The first-order valence-electron chi connectivity index (χ1n) is 10.2. The highest BCUT2D eigenvalue weighted by Crippen LogP contribution is 2.32. The molecule has 0 unspecified atom stereocenters. The average molecular weight is 424 g/mol. The smallest absolute Gasteiger partial charge is 0.344 e. The normalized spacial score (nSPS) is 13.3. The topological polar surface area (TPSA) is 76.0 Å². The highest BCUT2D eigenvalue weighted by molar-refractivity contribution is 6.54. The van der Waals surface area contributed by atoms with Crippen molar-refractivity contribution >= 4 is 29.1 Å². The summed E-state index contributed by atoms with van der Waals surface area (Å²) in [5.41, 5.74) is 2.33. The lowest BCUT2D eigenvalue weighted by Gasteiger charge is -2.17. The second kappa shape index (κ2) is 9.22. The van der Waals surface area contributed by atoms with Crippen molar-refractivity contribution < 1.29 is 19.1 Å². The number of rotatable bonds is 6. The van der Waals surface area contributed by atoms with Crippen LogP contribution in [0.4, 0.5) is 0 Å². The van der Waals surface area contributed by atoms with Crippen LogP contribution in [0.3, 0.4) is 0 Å². The van der Waals surface area contributed by atoms with Crippen LogP contribution < -0.4 is 0 Å². The molecule has 1 heterocycles. The molecular weight excluding hydrogens is 404 g/mol. The van der Waals surface area contributed by atoms with Crippen molar-refractivity contribution in [2.45, 2.75) is 6.92 Å². The molecule has 0 N–H and O–H groups in total. The molecule has 4 rings (SSSR count). The molecule has 0 saturated carbocycles. The Morgan fingerprint density at radius 1 is 0.812 bits per heavy atom. The van der Waals surface area contributed by atoms with Crippen molar-refractivity contribution in [3.05, 3.63) is 113 Å². The second-order valence-corrected chi connectivity index (χ2v) is 6.94. The molecule has 0 bridgehead atoms. The number of hydrogen-bond donors (Lipinski definition) is 0. The third-order valence-electron chi connectivity index (χ3n) is 4.88. The summed E-state index contributed by atoms with van der Waals surface area (Å²) in [7, 11) is 0. The van der Waals surface area contributed by atoms with Gasteiger partial charge in [0.2, 0.25) is 0 Å². The minimum absolute atomic E-state index is 0.0778. The fraction of sp³-hybridized carbons (Fsp3) is 0.0769. The van der Waals surface area contributed by atoms with Gasteiger partial charge in [0.25, 0.3) is 5.78 Å². The monoisotopic (exact) mass is 424 g/mol. The molecule has 0 spiro atoms. The van der Waals surface area contributed by atoms with Gasteiger partial charge in [0.05, 0.1) is 18.0 Å². The predicted molar refractivity (Wildman–Crippen MR) is 120 cm³/mol. The molecule has 0 radical (unpaired) electrons. The largest absolute Gasteiger partial charge is 0.462 e. The summed E-state index contributed by atoms with van der Waals surface area (Å²) in [6, 6.07) is 27.4. The van der Waals surface area contributed by atoms with Gasteiger partial charge in [-0.25, -0.2) is 4.79 Å². The van der Waals surface area contributed by atoms with Gasteiger partial charge in [-0.05, 0) is 6.92 Å². The Morgan fingerprint density at radius 3 is 1.81 bits per heavy atom. The van der Waals surface area contributed by atoms with Crippen molar-refractivity contribution in [2.75, 3.05) is 6.61 Å². The van der Waals surface area contributed by atoms with Crippen LogP contribution in [0, 0.1) is 0 Å². The van der Waals surface area contributed by atoms with Gasteiger partial charge in [0, 0.05) is 16.7 Å². The molecule has 1 aliphatic rings. The number of esters is 1. The van der Waals surface area contributed by atoms with Crippen molar-refractivity contribution in [1.29, 1.82) is 0 Å². The maximum Gasteiger partial charge on any atom is 0.344 e. The summed E-state index contributed by atoms with van der Waals surface area (Å²) in [6.45, 7) is 1.72. The number of amides is 1. The predicted octanol–water partition coefficient (Wildman–Crippen LogP) is 3.82. The van der Waals surface area contributed by atoms with Crippen LogP contribution >= 0.6 is 0 Å². The van der Waals surface area contributed by atoms with Crippen LogP contribution in [0.15, 0.2) is 102 Å². The van der Waals surface area contributed by atoms with Gasteiger partial charge < -0.3 is 4.74 Å². The van der Waals surface area contributed by atoms with Crippen LogP contribution in [-0.2, 0) is 19.1 Å². The summed E-state index contributed by atoms with van der Waals surface area (Å²) in [4.78, 5) is 38.5. The first-order chi connectivity index (χ1) is 15.6. The SMILES string of the molecule is CCOC(=O)C1=C(c2ccccc2)N(N=C(c2ccccc2)c2ccccc2)C(=O)C1=O. The summed E-state index contributed by atoms with van der Waals surface area (Å²) in [5.74, 6) is -2.69.